The number of benzene rings is 2. The molecule has 2 amide bonds. The number of hydrogen-bond donors (Lipinski definition) is 1. The normalized spacial score (nSPS) is 19.4. The number of carbonyl (C=O) groups excluding carboxylic acids is 2. The molecule has 2 aliphatic rings. The monoisotopic (exact) mass is 562 g/mol. The molecule has 2 saturated heterocycles. The first kappa shape index (κ1) is 28.2. The number of aromatic nitrogens is 2. The van der Waals surface area contributed by atoms with Gasteiger partial charge in [0.1, 0.15) is 21.5 Å². The first-order chi connectivity index (χ1) is 19.3. The van der Waals surface area contributed by atoms with Crippen molar-refractivity contribution in [1.29, 1.82) is 0 Å². The van der Waals surface area contributed by atoms with Crippen LogP contribution in [0.4, 0.5) is 0 Å². The number of likely N-dealkylation sites (tertiary alicyclic amines) is 1. The Morgan fingerprint density at radius 3 is 2.62 bits per heavy atom. The summed E-state index contributed by atoms with van der Waals surface area (Å²) >= 11 is 1.59. The van der Waals surface area contributed by atoms with Gasteiger partial charge in [0.25, 0.3) is 5.91 Å². The van der Waals surface area contributed by atoms with E-state index in [4.69, 9.17) is 9.47 Å². The van der Waals surface area contributed by atoms with Gasteiger partial charge in [0.15, 0.2) is 0 Å². The Labute approximate surface area is 240 Å². The van der Waals surface area contributed by atoms with E-state index in [2.05, 4.69) is 43.2 Å². The molecule has 9 heteroatoms. The minimum absolute atomic E-state index is 0.0732. The second-order valence-electron chi connectivity index (χ2n) is 11.3. The fourth-order valence-electron chi connectivity index (χ4n) is 5.07. The maximum Gasteiger partial charge on any atom is 0.251 e. The van der Waals surface area contributed by atoms with E-state index < -0.39 is 0 Å². The van der Waals surface area contributed by atoms with E-state index in [-0.39, 0.29) is 24.0 Å². The molecule has 0 radical (unpaired) electrons. The molecule has 2 atom stereocenters. The van der Waals surface area contributed by atoms with Crippen LogP contribution in [-0.2, 0) is 16.1 Å². The number of nitrogens with one attached hydrogen (secondary N) is 1. The third-order valence-electron chi connectivity index (χ3n) is 7.52. The van der Waals surface area contributed by atoms with Crippen molar-refractivity contribution in [2.24, 2.45) is 5.92 Å². The standard InChI is InChI=1S/C31H38N4O4S/c1-19(2)26-17-24(13-15-38-26)32-29(37)22-7-8-23(18-35-14-5-6-28(35)36)27(16-22)39-25-11-9-21(10-12-25)31-34-33-30(40-31)20(3)4/h7-12,16,19-20,24,26H,5-6,13-15,17-18H2,1-4H3,(H,32,37)/t24-,26+/m0/s1. The highest BCUT2D eigenvalue weighted by Crippen LogP contribution is 2.32. The van der Waals surface area contributed by atoms with Crippen LogP contribution in [0.15, 0.2) is 42.5 Å². The lowest BCUT2D eigenvalue weighted by Crippen LogP contribution is -2.43. The van der Waals surface area contributed by atoms with Crippen molar-refractivity contribution in [2.45, 2.75) is 78.0 Å². The molecule has 2 fully saturated rings. The second kappa shape index (κ2) is 12.5. The van der Waals surface area contributed by atoms with Crippen molar-refractivity contribution in [3.05, 3.63) is 58.6 Å². The Hall–Kier alpha value is -3.30. The van der Waals surface area contributed by atoms with Crippen LogP contribution >= 0.6 is 11.3 Å². The smallest absolute Gasteiger partial charge is 0.251 e. The fourth-order valence-corrected chi connectivity index (χ4v) is 5.92. The number of rotatable bonds is 9. The lowest BCUT2D eigenvalue weighted by molar-refractivity contribution is -0.128. The summed E-state index contributed by atoms with van der Waals surface area (Å²) in [5.74, 6) is 1.98. The van der Waals surface area contributed by atoms with Gasteiger partial charge in [-0.25, -0.2) is 0 Å². The molecule has 0 spiro atoms. The lowest BCUT2D eigenvalue weighted by Gasteiger charge is -2.32. The van der Waals surface area contributed by atoms with Crippen LogP contribution in [-0.4, -0.2) is 52.2 Å². The number of amides is 2. The van der Waals surface area contributed by atoms with Gasteiger partial charge in [-0.3, -0.25) is 9.59 Å². The highest BCUT2D eigenvalue weighted by atomic mass is 32.1. The topological polar surface area (TPSA) is 93.7 Å². The summed E-state index contributed by atoms with van der Waals surface area (Å²) in [7, 11) is 0. The Balaban J connectivity index is 1.35. The number of carbonyl (C=O) groups is 2. The van der Waals surface area contributed by atoms with E-state index in [0.29, 0.717) is 48.5 Å². The number of ether oxygens (including phenoxy) is 2. The molecule has 0 saturated carbocycles. The van der Waals surface area contributed by atoms with Gasteiger partial charge >= 0.3 is 0 Å². The molecule has 5 rings (SSSR count). The van der Waals surface area contributed by atoms with Crippen molar-refractivity contribution in [2.75, 3.05) is 13.2 Å². The third kappa shape index (κ3) is 6.70. The average molecular weight is 563 g/mol. The van der Waals surface area contributed by atoms with Crippen molar-refractivity contribution in [1.82, 2.24) is 20.4 Å². The van der Waals surface area contributed by atoms with Crippen LogP contribution in [0, 0.1) is 5.92 Å². The molecular weight excluding hydrogens is 524 g/mol. The summed E-state index contributed by atoms with van der Waals surface area (Å²) in [4.78, 5) is 27.5. The summed E-state index contributed by atoms with van der Waals surface area (Å²) in [6.45, 7) is 10.3. The van der Waals surface area contributed by atoms with Gasteiger partial charge < -0.3 is 19.7 Å². The Bertz CT molecular complexity index is 1340. The van der Waals surface area contributed by atoms with Gasteiger partial charge in [0.05, 0.1) is 6.10 Å². The minimum atomic E-state index is -0.129. The van der Waals surface area contributed by atoms with E-state index in [1.807, 2.05) is 41.3 Å². The first-order valence-corrected chi connectivity index (χ1v) is 15.0. The lowest BCUT2D eigenvalue weighted by atomic mass is 9.95. The van der Waals surface area contributed by atoms with Gasteiger partial charge in [0.2, 0.25) is 5.91 Å². The van der Waals surface area contributed by atoms with Crippen LogP contribution in [0.1, 0.15) is 80.2 Å². The first-order valence-electron chi connectivity index (χ1n) is 14.2. The van der Waals surface area contributed by atoms with Gasteiger partial charge in [-0.05, 0) is 61.6 Å². The number of hydrogen-bond acceptors (Lipinski definition) is 7. The summed E-state index contributed by atoms with van der Waals surface area (Å²) in [6, 6.07) is 13.3. The molecule has 212 valence electrons. The molecule has 0 aliphatic carbocycles. The average Bonchev–Trinajstić information content (AvgIpc) is 3.60. The number of nitrogens with zero attached hydrogens (tertiary/aromatic N) is 3. The van der Waals surface area contributed by atoms with E-state index in [1.165, 1.54) is 0 Å². The Morgan fingerprint density at radius 1 is 1.15 bits per heavy atom. The fraction of sp³-hybridized carbons (Fsp3) is 0.484. The quantitative estimate of drug-likeness (QED) is 0.335. The van der Waals surface area contributed by atoms with Crippen molar-refractivity contribution in [3.63, 3.8) is 0 Å². The van der Waals surface area contributed by atoms with E-state index in [0.717, 1.165) is 46.9 Å². The molecule has 3 heterocycles. The molecule has 1 N–H and O–H groups in total. The predicted molar refractivity (Wildman–Crippen MR) is 156 cm³/mol. The SMILES string of the molecule is CC(C)c1nnc(-c2ccc(Oc3cc(C(=O)N[C@H]4CCO[C@@H](C(C)C)C4)ccc3CN3CCCC3=O)cc2)s1. The van der Waals surface area contributed by atoms with Crippen molar-refractivity contribution >= 4 is 23.2 Å². The van der Waals surface area contributed by atoms with E-state index in [1.54, 1.807) is 17.4 Å². The zero-order valence-electron chi connectivity index (χ0n) is 23.7. The minimum Gasteiger partial charge on any atom is -0.457 e. The van der Waals surface area contributed by atoms with Crippen LogP contribution in [0.5, 0.6) is 11.5 Å². The zero-order valence-corrected chi connectivity index (χ0v) is 24.5. The van der Waals surface area contributed by atoms with E-state index in [9.17, 15) is 9.59 Å². The maximum absolute atomic E-state index is 13.3. The van der Waals surface area contributed by atoms with Gasteiger partial charge in [-0.15, -0.1) is 10.2 Å². The maximum atomic E-state index is 13.3. The van der Waals surface area contributed by atoms with Crippen LogP contribution < -0.4 is 10.1 Å². The van der Waals surface area contributed by atoms with Gasteiger partial charge in [-0.2, -0.15) is 0 Å². The molecule has 0 unspecified atom stereocenters. The molecule has 2 aliphatic heterocycles. The summed E-state index contributed by atoms with van der Waals surface area (Å²) in [5.41, 5.74) is 2.38. The highest BCUT2D eigenvalue weighted by molar-refractivity contribution is 7.14. The molecule has 2 aromatic carbocycles. The molecule has 40 heavy (non-hydrogen) atoms. The van der Waals surface area contributed by atoms with Crippen LogP contribution in [0.3, 0.4) is 0 Å². The largest absolute Gasteiger partial charge is 0.457 e. The van der Waals surface area contributed by atoms with Crippen molar-refractivity contribution in [3.8, 4) is 22.1 Å². The predicted octanol–water partition coefficient (Wildman–Crippen LogP) is 6.18. The molecular formula is C31H38N4O4S. The molecule has 1 aromatic heterocycles. The molecule has 0 bridgehead atoms. The second-order valence-corrected chi connectivity index (χ2v) is 12.3. The summed E-state index contributed by atoms with van der Waals surface area (Å²) in [5, 5.41) is 13.7. The third-order valence-corrected chi connectivity index (χ3v) is 8.79. The van der Waals surface area contributed by atoms with Crippen molar-refractivity contribution < 1.29 is 19.1 Å². The summed E-state index contributed by atoms with van der Waals surface area (Å²) in [6.07, 6.45) is 3.20. The van der Waals surface area contributed by atoms with Gasteiger partial charge in [0, 0.05) is 54.8 Å². The zero-order chi connectivity index (χ0) is 28.2. The summed E-state index contributed by atoms with van der Waals surface area (Å²) < 4.78 is 12.2. The highest BCUT2D eigenvalue weighted by Gasteiger charge is 2.27. The Kier molecular flexibility index (Phi) is 8.81. The Morgan fingerprint density at radius 2 is 1.95 bits per heavy atom. The molecule has 8 nitrogen and oxygen atoms in total. The molecule has 3 aromatic rings. The van der Waals surface area contributed by atoms with E-state index >= 15 is 0 Å². The van der Waals surface area contributed by atoms with Gasteiger partial charge in [-0.1, -0.05) is 45.1 Å². The van der Waals surface area contributed by atoms with Crippen LogP contribution in [0.2, 0.25) is 0 Å². The van der Waals surface area contributed by atoms with Crippen LogP contribution in [0.25, 0.3) is 10.6 Å².